The maximum atomic E-state index is 12.1. The number of hydrogen-bond acceptors (Lipinski definition) is 4. The van der Waals surface area contributed by atoms with Crippen LogP contribution >= 0.6 is 0 Å². The van der Waals surface area contributed by atoms with E-state index < -0.39 is 10.0 Å². The second-order valence-corrected chi connectivity index (χ2v) is 6.52. The first-order chi connectivity index (χ1) is 10.5. The van der Waals surface area contributed by atoms with Crippen LogP contribution in [0.2, 0.25) is 0 Å². The fourth-order valence-corrected chi connectivity index (χ4v) is 2.79. The zero-order valence-corrected chi connectivity index (χ0v) is 13.9. The highest BCUT2D eigenvalue weighted by Crippen LogP contribution is 2.15. The van der Waals surface area contributed by atoms with Gasteiger partial charge in [-0.05, 0) is 37.6 Å². The Labute approximate surface area is 132 Å². The van der Waals surface area contributed by atoms with E-state index in [9.17, 15) is 13.2 Å². The largest absolute Gasteiger partial charge is 0.494 e. The maximum Gasteiger partial charge on any atom is 0.240 e. The maximum absolute atomic E-state index is 12.1. The predicted octanol–water partition coefficient (Wildman–Crippen LogP) is 1.67. The van der Waals surface area contributed by atoms with Gasteiger partial charge in [-0.2, -0.15) is 0 Å². The molecule has 0 fully saturated rings. The van der Waals surface area contributed by atoms with E-state index in [2.05, 4.69) is 10.0 Å². The van der Waals surface area contributed by atoms with Gasteiger partial charge in [-0.1, -0.05) is 13.3 Å². The van der Waals surface area contributed by atoms with Gasteiger partial charge in [-0.25, -0.2) is 13.1 Å². The van der Waals surface area contributed by atoms with Crippen molar-refractivity contribution >= 4 is 15.9 Å². The van der Waals surface area contributed by atoms with Crippen LogP contribution < -0.4 is 14.8 Å². The van der Waals surface area contributed by atoms with E-state index >= 15 is 0 Å². The van der Waals surface area contributed by atoms with Crippen LogP contribution in [0.3, 0.4) is 0 Å². The second kappa shape index (κ2) is 9.42. The Bertz CT molecular complexity index is 555. The molecule has 1 amide bonds. The van der Waals surface area contributed by atoms with E-state index in [4.69, 9.17) is 4.74 Å². The van der Waals surface area contributed by atoms with E-state index in [-0.39, 0.29) is 23.8 Å². The van der Waals surface area contributed by atoms with Crippen LogP contribution in [0, 0.1) is 0 Å². The summed E-state index contributed by atoms with van der Waals surface area (Å²) in [4.78, 5) is 11.6. The molecule has 0 atom stereocenters. The average molecular weight is 328 g/mol. The Morgan fingerprint density at radius 1 is 1.14 bits per heavy atom. The Hall–Kier alpha value is -1.60. The lowest BCUT2D eigenvalue weighted by Crippen LogP contribution is -2.31. The highest BCUT2D eigenvalue weighted by Gasteiger charge is 2.14. The zero-order chi connectivity index (χ0) is 16.4. The molecule has 0 heterocycles. The highest BCUT2D eigenvalue weighted by molar-refractivity contribution is 7.89. The third-order valence-corrected chi connectivity index (χ3v) is 4.42. The van der Waals surface area contributed by atoms with Gasteiger partial charge >= 0.3 is 0 Å². The monoisotopic (exact) mass is 328 g/mol. The quantitative estimate of drug-likeness (QED) is 0.640. The van der Waals surface area contributed by atoms with Crippen LogP contribution in [0.25, 0.3) is 0 Å². The number of hydrogen-bond donors (Lipinski definition) is 2. The second-order valence-electron chi connectivity index (χ2n) is 4.76. The molecule has 0 unspecified atom stereocenters. The lowest BCUT2D eigenvalue weighted by molar-refractivity contribution is -0.120. The molecule has 0 saturated carbocycles. The Morgan fingerprint density at radius 2 is 1.82 bits per heavy atom. The Balaban J connectivity index is 2.45. The summed E-state index contributed by atoms with van der Waals surface area (Å²) in [5.41, 5.74) is 0. The van der Waals surface area contributed by atoms with Crippen molar-refractivity contribution < 1.29 is 17.9 Å². The summed E-state index contributed by atoms with van der Waals surface area (Å²) in [6.07, 6.45) is 2.05. The zero-order valence-electron chi connectivity index (χ0n) is 13.1. The molecule has 0 aromatic heterocycles. The third-order valence-electron chi connectivity index (χ3n) is 2.94. The van der Waals surface area contributed by atoms with E-state index in [1.165, 1.54) is 12.1 Å². The van der Waals surface area contributed by atoms with Crippen molar-refractivity contribution in [3.05, 3.63) is 24.3 Å². The number of nitrogens with one attached hydrogen (secondary N) is 2. The number of rotatable bonds is 10. The molecule has 1 rings (SSSR count). The molecule has 2 N–H and O–H groups in total. The summed E-state index contributed by atoms with van der Waals surface area (Å²) < 4.78 is 31.8. The molecule has 0 aliphatic heterocycles. The number of amides is 1. The van der Waals surface area contributed by atoms with Gasteiger partial charge in [-0.3, -0.25) is 4.79 Å². The molecular formula is C15H24N2O4S. The van der Waals surface area contributed by atoms with Gasteiger partial charge in [0.1, 0.15) is 5.75 Å². The van der Waals surface area contributed by atoms with Crippen LogP contribution in [0.4, 0.5) is 0 Å². The minimum absolute atomic E-state index is 0.0769. The fraction of sp³-hybridized carbons (Fsp3) is 0.533. The molecule has 1 aromatic carbocycles. The molecule has 124 valence electrons. The van der Waals surface area contributed by atoms with Crippen molar-refractivity contribution in [1.29, 1.82) is 0 Å². The first-order valence-corrected chi connectivity index (χ1v) is 8.97. The van der Waals surface area contributed by atoms with Gasteiger partial charge in [0.05, 0.1) is 11.5 Å². The smallest absolute Gasteiger partial charge is 0.240 e. The average Bonchev–Trinajstić information content (AvgIpc) is 2.48. The summed E-state index contributed by atoms with van der Waals surface area (Å²) in [7, 11) is -3.60. The van der Waals surface area contributed by atoms with Gasteiger partial charge in [-0.15, -0.1) is 0 Å². The minimum atomic E-state index is -3.60. The van der Waals surface area contributed by atoms with E-state index in [1.807, 2.05) is 13.8 Å². The Kier molecular flexibility index (Phi) is 7.90. The van der Waals surface area contributed by atoms with Crippen molar-refractivity contribution in [2.45, 2.75) is 38.0 Å². The van der Waals surface area contributed by atoms with Gasteiger partial charge in [0.25, 0.3) is 0 Å². The van der Waals surface area contributed by atoms with Crippen LogP contribution in [0.15, 0.2) is 29.2 Å². The SMILES string of the molecule is CCCCNC(=O)CCNS(=O)(=O)c1ccc(OCC)cc1. The summed E-state index contributed by atoms with van der Waals surface area (Å²) in [6, 6.07) is 6.17. The molecule has 0 aliphatic carbocycles. The Morgan fingerprint density at radius 3 is 2.41 bits per heavy atom. The van der Waals surface area contributed by atoms with Crippen LogP contribution in [-0.2, 0) is 14.8 Å². The molecule has 0 radical (unpaired) electrons. The van der Waals surface area contributed by atoms with E-state index in [1.54, 1.807) is 12.1 Å². The molecule has 0 bridgehead atoms. The number of sulfonamides is 1. The molecule has 0 saturated heterocycles. The minimum Gasteiger partial charge on any atom is -0.494 e. The summed E-state index contributed by atoms with van der Waals surface area (Å²) >= 11 is 0. The number of carbonyl (C=O) groups is 1. The predicted molar refractivity (Wildman–Crippen MR) is 85.3 cm³/mol. The lowest BCUT2D eigenvalue weighted by atomic mass is 10.3. The summed E-state index contributed by atoms with van der Waals surface area (Å²) in [6.45, 7) is 5.13. The number of benzene rings is 1. The first-order valence-electron chi connectivity index (χ1n) is 7.48. The van der Waals surface area contributed by atoms with Crippen LogP contribution in [-0.4, -0.2) is 34.0 Å². The molecule has 22 heavy (non-hydrogen) atoms. The number of carbonyl (C=O) groups excluding carboxylic acids is 1. The topological polar surface area (TPSA) is 84.5 Å². The molecule has 7 heteroatoms. The summed E-state index contributed by atoms with van der Waals surface area (Å²) in [5.74, 6) is 0.472. The van der Waals surface area contributed by atoms with Crippen LogP contribution in [0.1, 0.15) is 33.1 Å². The third kappa shape index (κ3) is 6.44. The van der Waals surface area contributed by atoms with E-state index in [0.29, 0.717) is 18.9 Å². The van der Waals surface area contributed by atoms with Gasteiger partial charge < -0.3 is 10.1 Å². The fourth-order valence-electron chi connectivity index (χ4n) is 1.76. The van der Waals surface area contributed by atoms with Gasteiger partial charge in [0, 0.05) is 19.5 Å². The highest BCUT2D eigenvalue weighted by atomic mass is 32.2. The lowest BCUT2D eigenvalue weighted by Gasteiger charge is -2.08. The van der Waals surface area contributed by atoms with Crippen molar-refractivity contribution in [3.8, 4) is 5.75 Å². The first kappa shape index (κ1) is 18.4. The van der Waals surface area contributed by atoms with E-state index in [0.717, 1.165) is 12.8 Å². The summed E-state index contributed by atoms with van der Waals surface area (Å²) in [5, 5.41) is 2.74. The standard InChI is InChI=1S/C15H24N2O4S/c1-3-5-11-16-15(18)10-12-17-22(19,20)14-8-6-13(7-9-14)21-4-2/h6-9,17H,3-5,10-12H2,1-2H3,(H,16,18). The number of ether oxygens (including phenoxy) is 1. The molecule has 6 nitrogen and oxygen atoms in total. The number of unbranched alkanes of at least 4 members (excludes halogenated alkanes) is 1. The van der Waals surface area contributed by atoms with Gasteiger partial charge in [0.15, 0.2) is 0 Å². The van der Waals surface area contributed by atoms with Crippen molar-refractivity contribution in [1.82, 2.24) is 10.0 Å². The van der Waals surface area contributed by atoms with Crippen LogP contribution in [0.5, 0.6) is 5.75 Å². The molecule has 1 aromatic rings. The van der Waals surface area contributed by atoms with Gasteiger partial charge in [0.2, 0.25) is 15.9 Å². The molecular weight excluding hydrogens is 304 g/mol. The molecule has 0 spiro atoms. The van der Waals surface area contributed by atoms with Crippen molar-refractivity contribution in [3.63, 3.8) is 0 Å². The van der Waals surface area contributed by atoms with Crippen molar-refractivity contribution in [2.75, 3.05) is 19.7 Å². The normalized spacial score (nSPS) is 11.2. The molecule has 0 aliphatic rings. The van der Waals surface area contributed by atoms with Crippen molar-refractivity contribution in [2.24, 2.45) is 0 Å².